The number of nitrogens with zero attached hydrogens (tertiary/aromatic N) is 1. The van der Waals surface area contributed by atoms with Gasteiger partial charge in [-0.2, -0.15) is 0 Å². The molecular formula is C17H26ClNO. The average Bonchev–Trinajstić information content (AvgIpc) is 2.39. The summed E-state index contributed by atoms with van der Waals surface area (Å²) in [6, 6.07) is 6.12. The molecule has 1 aliphatic rings. The van der Waals surface area contributed by atoms with Crippen molar-refractivity contribution in [3.05, 3.63) is 34.9 Å². The summed E-state index contributed by atoms with van der Waals surface area (Å²) in [6.07, 6.45) is 3.91. The number of benzene rings is 1. The van der Waals surface area contributed by atoms with Crippen LogP contribution in [0.5, 0.6) is 0 Å². The van der Waals surface area contributed by atoms with Crippen LogP contribution >= 0.6 is 12.4 Å². The van der Waals surface area contributed by atoms with E-state index in [1.165, 1.54) is 24.8 Å². The van der Waals surface area contributed by atoms with Crippen LogP contribution in [0.1, 0.15) is 47.7 Å². The van der Waals surface area contributed by atoms with Gasteiger partial charge < -0.3 is 4.90 Å². The van der Waals surface area contributed by atoms with Gasteiger partial charge in [0.05, 0.1) is 0 Å². The van der Waals surface area contributed by atoms with Crippen molar-refractivity contribution in [3.8, 4) is 0 Å². The molecule has 1 heterocycles. The molecule has 2 rings (SSSR count). The number of rotatable bonds is 4. The van der Waals surface area contributed by atoms with E-state index in [1.807, 2.05) is 19.1 Å². The Morgan fingerprint density at radius 3 is 2.45 bits per heavy atom. The van der Waals surface area contributed by atoms with Gasteiger partial charge in [-0.05, 0) is 45.3 Å². The van der Waals surface area contributed by atoms with E-state index >= 15 is 0 Å². The van der Waals surface area contributed by atoms with E-state index in [0.29, 0.717) is 5.78 Å². The number of ketones is 1. The zero-order chi connectivity index (χ0) is 13.8. The molecule has 0 N–H and O–H groups in total. The van der Waals surface area contributed by atoms with E-state index in [9.17, 15) is 4.79 Å². The second kappa shape index (κ2) is 7.80. The lowest BCUT2D eigenvalue weighted by molar-refractivity contribution is 0.0883. The first kappa shape index (κ1) is 17.2. The van der Waals surface area contributed by atoms with E-state index in [-0.39, 0.29) is 18.3 Å². The predicted octanol–water partition coefficient (Wildman–Crippen LogP) is 4.03. The van der Waals surface area contributed by atoms with Crippen LogP contribution < -0.4 is 0 Å². The number of carbonyl (C=O) groups is 1. The van der Waals surface area contributed by atoms with Crippen LogP contribution in [0.2, 0.25) is 0 Å². The lowest BCUT2D eigenvalue weighted by Crippen LogP contribution is -2.35. The molecule has 0 saturated carbocycles. The summed E-state index contributed by atoms with van der Waals surface area (Å²) in [4.78, 5) is 15.0. The summed E-state index contributed by atoms with van der Waals surface area (Å²) in [5.74, 6) is 0.391. The molecular weight excluding hydrogens is 270 g/mol. The number of aryl methyl sites for hydroxylation is 2. The van der Waals surface area contributed by atoms with Gasteiger partial charge in [0.1, 0.15) is 0 Å². The molecule has 0 amide bonds. The molecule has 2 nitrogen and oxygen atoms in total. The summed E-state index contributed by atoms with van der Waals surface area (Å²) < 4.78 is 0. The van der Waals surface area contributed by atoms with Gasteiger partial charge in [0, 0.05) is 18.0 Å². The van der Waals surface area contributed by atoms with E-state index in [1.54, 1.807) is 0 Å². The van der Waals surface area contributed by atoms with Gasteiger partial charge in [-0.3, -0.25) is 4.79 Å². The van der Waals surface area contributed by atoms with Crippen molar-refractivity contribution in [2.75, 3.05) is 19.6 Å². The van der Waals surface area contributed by atoms with Crippen LogP contribution in [-0.4, -0.2) is 30.3 Å². The molecule has 0 aromatic heterocycles. The molecule has 0 aliphatic carbocycles. The van der Waals surface area contributed by atoms with Gasteiger partial charge in [0.25, 0.3) is 0 Å². The van der Waals surface area contributed by atoms with Gasteiger partial charge >= 0.3 is 0 Å². The molecule has 20 heavy (non-hydrogen) atoms. The maximum absolute atomic E-state index is 12.5. The minimum atomic E-state index is 0. The number of piperidine rings is 1. The lowest BCUT2D eigenvalue weighted by Gasteiger charge is -2.28. The fourth-order valence-corrected chi connectivity index (χ4v) is 2.97. The Kier molecular flexibility index (Phi) is 6.70. The summed E-state index contributed by atoms with van der Waals surface area (Å²) in [7, 11) is 0. The van der Waals surface area contributed by atoms with Crippen molar-refractivity contribution in [1.82, 2.24) is 4.90 Å². The first-order valence-corrected chi connectivity index (χ1v) is 7.42. The summed E-state index contributed by atoms with van der Waals surface area (Å²) >= 11 is 0. The molecule has 1 unspecified atom stereocenters. The number of Topliss-reactive ketones (excluding diaryl/α,β-unsaturated/α-hetero) is 1. The highest BCUT2D eigenvalue weighted by atomic mass is 35.5. The third kappa shape index (κ3) is 4.32. The minimum absolute atomic E-state index is 0. The molecule has 1 aromatic rings. The summed E-state index contributed by atoms with van der Waals surface area (Å²) in [5, 5.41) is 0. The lowest BCUT2D eigenvalue weighted by atomic mass is 9.94. The second-order valence-corrected chi connectivity index (χ2v) is 5.94. The number of hydrogen-bond donors (Lipinski definition) is 0. The van der Waals surface area contributed by atoms with Gasteiger partial charge in [-0.25, -0.2) is 0 Å². The third-order valence-corrected chi connectivity index (χ3v) is 4.08. The Hall–Kier alpha value is -0.860. The fourth-order valence-electron chi connectivity index (χ4n) is 2.97. The van der Waals surface area contributed by atoms with Crippen LogP contribution in [0.25, 0.3) is 0 Å². The molecule has 1 aromatic carbocycles. The normalized spacial score (nSPS) is 17.4. The third-order valence-electron chi connectivity index (χ3n) is 4.08. The molecule has 112 valence electrons. The quantitative estimate of drug-likeness (QED) is 0.782. The van der Waals surface area contributed by atoms with Crippen molar-refractivity contribution in [1.29, 1.82) is 0 Å². The Morgan fingerprint density at radius 2 is 1.85 bits per heavy atom. The Morgan fingerprint density at radius 1 is 1.20 bits per heavy atom. The van der Waals surface area contributed by atoms with Crippen LogP contribution in [0.15, 0.2) is 18.2 Å². The van der Waals surface area contributed by atoms with Gasteiger partial charge in [0.15, 0.2) is 5.78 Å². The number of carbonyl (C=O) groups excluding carboxylic acids is 1. The van der Waals surface area contributed by atoms with E-state index in [4.69, 9.17) is 0 Å². The average molecular weight is 296 g/mol. The van der Waals surface area contributed by atoms with Crippen molar-refractivity contribution >= 4 is 18.2 Å². The number of halogens is 1. The standard InChI is InChI=1S/C17H25NO.ClH/c1-13-7-8-16(14(2)11-13)17(19)15(3)12-18-9-5-4-6-10-18;/h7-8,11,15H,4-6,9-10,12H2,1-3H3;1H. The molecule has 1 aliphatic heterocycles. The van der Waals surface area contributed by atoms with Crippen molar-refractivity contribution in [2.45, 2.75) is 40.0 Å². The van der Waals surface area contributed by atoms with Gasteiger partial charge in [-0.1, -0.05) is 37.1 Å². The molecule has 0 radical (unpaired) electrons. The molecule has 1 atom stereocenters. The Labute approximate surface area is 129 Å². The van der Waals surface area contributed by atoms with Crippen LogP contribution in [0.4, 0.5) is 0 Å². The molecule has 3 heteroatoms. The maximum atomic E-state index is 12.5. The summed E-state index contributed by atoms with van der Waals surface area (Å²) in [6.45, 7) is 9.39. The highest BCUT2D eigenvalue weighted by Gasteiger charge is 2.20. The second-order valence-electron chi connectivity index (χ2n) is 5.94. The van der Waals surface area contributed by atoms with E-state index in [2.05, 4.69) is 24.8 Å². The molecule has 0 spiro atoms. The highest BCUT2D eigenvalue weighted by molar-refractivity contribution is 5.99. The number of hydrogen-bond acceptors (Lipinski definition) is 2. The minimum Gasteiger partial charge on any atom is -0.303 e. The highest BCUT2D eigenvalue weighted by Crippen LogP contribution is 2.18. The topological polar surface area (TPSA) is 20.3 Å². The first-order chi connectivity index (χ1) is 9.08. The van der Waals surface area contributed by atoms with Crippen molar-refractivity contribution in [3.63, 3.8) is 0 Å². The maximum Gasteiger partial charge on any atom is 0.167 e. The first-order valence-electron chi connectivity index (χ1n) is 7.42. The predicted molar refractivity (Wildman–Crippen MR) is 86.9 cm³/mol. The SMILES string of the molecule is Cc1ccc(C(=O)C(C)CN2CCCCC2)c(C)c1.Cl. The van der Waals surface area contributed by atoms with E-state index < -0.39 is 0 Å². The fraction of sp³-hybridized carbons (Fsp3) is 0.588. The largest absolute Gasteiger partial charge is 0.303 e. The van der Waals surface area contributed by atoms with Crippen LogP contribution in [-0.2, 0) is 0 Å². The van der Waals surface area contributed by atoms with Crippen molar-refractivity contribution in [2.24, 2.45) is 5.92 Å². The van der Waals surface area contributed by atoms with Gasteiger partial charge in [0.2, 0.25) is 0 Å². The molecule has 0 bridgehead atoms. The summed E-state index contributed by atoms with van der Waals surface area (Å²) in [5.41, 5.74) is 3.23. The monoisotopic (exact) mass is 295 g/mol. The zero-order valence-electron chi connectivity index (χ0n) is 12.8. The molecule has 1 saturated heterocycles. The molecule has 1 fully saturated rings. The van der Waals surface area contributed by atoms with Crippen molar-refractivity contribution < 1.29 is 4.79 Å². The van der Waals surface area contributed by atoms with Gasteiger partial charge in [-0.15, -0.1) is 12.4 Å². The zero-order valence-corrected chi connectivity index (χ0v) is 13.6. The van der Waals surface area contributed by atoms with Crippen LogP contribution in [0.3, 0.4) is 0 Å². The van der Waals surface area contributed by atoms with Crippen LogP contribution in [0, 0.1) is 19.8 Å². The number of likely N-dealkylation sites (tertiary alicyclic amines) is 1. The Bertz CT molecular complexity index is 452. The smallest absolute Gasteiger partial charge is 0.167 e. The Balaban J connectivity index is 0.00000200. The van der Waals surface area contributed by atoms with E-state index in [0.717, 1.165) is 30.8 Å².